The van der Waals surface area contributed by atoms with Crippen molar-refractivity contribution in [2.75, 3.05) is 26.2 Å². The highest BCUT2D eigenvalue weighted by Crippen LogP contribution is 2.39. The highest BCUT2D eigenvalue weighted by atomic mass is 32.9. The van der Waals surface area contributed by atoms with Gasteiger partial charge in [-0.2, -0.15) is 0 Å². The molecule has 0 atom stereocenters. The van der Waals surface area contributed by atoms with Crippen molar-refractivity contribution in [3.8, 4) is 16.2 Å². The summed E-state index contributed by atoms with van der Waals surface area (Å²) < 4.78 is 0.979. The topological polar surface area (TPSA) is 26.7 Å². The van der Waals surface area contributed by atoms with Crippen molar-refractivity contribution < 1.29 is 5.11 Å². The molecule has 6 heteroatoms. The summed E-state index contributed by atoms with van der Waals surface area (Å²) in [5, 5.41) is 11.5. The maximum atomic E-state index is 11.5. The number of benzene rings is 2. The van der Waals surface area contributed by atoms with Crippen molar-refractivity contribution in [2.24, 2.45) is 0 Å². The van der Waals surface area contributed by atoms with Gasteiger partial charge < -0.3 is 5.11 Å². The second-order valence-corrected chi connectivity index (χ2v) is 12.4. The Morgan fingerprint density at radius 2 is 1.25 bits per heavy atom. The Bertz CT molecular complexity index is 1070. The first-order valence-electron chi connectivity index (χ1n) is 13.5. The van der Waals surface area contributed by atoms with E-state index in [1.165, 1.54) is 21.6 Å². The molecule has 1 N–H and O–H groups in total. The maximum absolute atomic E-state index is 11.5. The predicted molar refractivity (Wildman–Crippen MR) is 161 cm³/mol. The second kappa shape index (κ2) is 15.0. The predicted octanol–water partition coefficient (Wildman–Crippen LogP) is 8.75. The van der Waals surface area contributed by atoms with Crippen LogP contribution in [0.5, 0.6) is 5.75 Å². The van der Waals surface area contributed by atoms with Crippen molar-refractivity contribution in [3.63, 3.8) is 0 Å². The van der Waals surface area contributed by atoms with Gasteiger partial charge in [0.05, 0.1) is 4.88 Å². The zero-order valence-electron chi connectivity index (χ0n) is 22.4. The van der Waals surface area contributed by atoms with Gasteiger partial charge in [0, 0.05) is 36.2 Å². The lowest BCUT2D eigenvalue weighted by atomic mass is 9.98. The number of phenolic OH excluding ortho intramolecular Hbond substituents is 1. The molecule has 0 saturated heterocycles. The SMILES string of the molecule is CCCN(CCC)Cc1cc(-c2ssc(=S)c2Cc2ccccc2)cc(CN(CCC)CCC)c1O. The van der Waals surface area contributed by atoms with E-state index in [1.807, 2.05) is 0 Å². The molecule has 1 heterocycles. The molecule has 1 aromatic heterocycles. The highest BCUT2D eigenvalue weighted by Gasteiger charge is 2.19. The van der Waals surface area contributed by atoms with E-state index in [0.29, 0.717) is 5.75 Å². The van der Waals surface area contributed by atoms with Crippen LogP contribution in [0.15, 0.2) is 42.5 Å². The summed E-state index contributed by atoms with van der Waals surface area (Å²) >= 11 is 5.80. The molecule has 0 aliphatic carbocycles. The average Bonchev–Trinajstić information content (AvgIpc) is 3.22. The molecule has 3 rings (SSSR count). The highest BCUT2D eigenvalue weighted by molar-refractivity contribution is 7.80. The molecule has 0 aliphatic heterocycles. The second-order valence-electron chi connectivity index (χ2n) is 9.62. The Morgan fingerprint density at radius 1 is 0.750 bits per heavy atom. The third-order valence-corrected chi connectivity index (χ3v) is 9.61. The first-order chi connectivity index (χ1) is 17.5. The first-order valence-corrected chi connectivity index (χ1v) is 16.0. The van der Waals surface area contributed by atoms with Crippen LogP contribution in [-0.2, 0) is 19.5 Å². The van der Waals surface area contributed by atoms with Crippen LogP contribution in [-0.4, -0.2) is 41.1 Å². The normalized spacial score (nSPS) is 11.6. The van der Waals surface area contributed by atoms with E-state index < -0.39 is 0 Å². The lowest BCUT2D eigenvalue weighted by molar-refractivity contribution is 0.255. The third kappa shape index (κ3) is 7.96. The standard InChI is InChI=1S/C30H42N2OS3/c1-5-14-31(15-6-2)21-25-19-24(20-26(28(25)33)22-32(16-7-3)17-8-4)29-27(30(34)36-35-29)18-23-12-10-9-11-13-23/h9-13,19-20,33H,5-8,14-18,21-22H2,1-4H3. The molecule has 0 bridgehead atoms. The van der Waals surface area contributed by atoms with Crippen LogP contribution in [0.1, 0.15) is 75.6 Å². The zero-order chi connectivity index (χ0) is 25.9. The Kier molecular flexibility index (Phi) is 12.1. The van der Waals surface area contributed by atoms with Crippen molar-refractivity contribution in [1.29, 1.82) is 0 Å². The van der Waals surface area contributed by atoms with E-state index in [1.54, 1.807) is 20.7 Å². The summed E-state index contributed by atoms with van der Waals surface area (Å²) in [6, 6.07) is 15.1. The Balaban J connectivity index is 2.07. The number of hydrogen-bond donors (Lipinski definition) is 1. The molecular weight excluding hydrogens is 501 g/mol. The summed E-state index contributed by atoms with van der Waals surface area (Å²) in [5.41, 5.74) is 5.79. The van der Waals surface area contributed by atoms with E-state index in [4.69, 9.17) is 12.2 Å². The monoisotopic (exact) mass is 542 g/mol. The van der Waals surface area contributed by atoms with E-state index in [9.17, 15) is 5.11 Å². The molecule has 3 aromatic rings. The van der Waals surface area contributed by atoms with Gasteiger partial charge >= 0.3 is 0 Å². The molecular formula is C30H42N2OS3. The molecule has 0 amide bonds. The number of hydrogen-bond acceptors (Lipinski definition) is 6. The van der Waals surface area contributed by atoms with E-state index in [-0.39, 0.29) is 0 Å². The Labute approximate surface area is 230 Å². The minimum atomic E-state index is 0.469. The summed E-state index contributed by atoms with van der Waals surface area (Å²) in [7, 11) is 3.47. The van der Waals surface area contributed by atoms with E-state index >= 15 is 0 Å². The summed E-state index contributed by atoms with van der Waals surface area (Å²) in [4.78, 5) is 6.20. The van der Waals surface area contributed by atoms with Gasteiger partial charge in [0.15, 0.2) is 0 Å². The minimum absolute atomic E-state index is 0.469. The van der Waals surface area contributed by atoms with E-state index in [2.05, 4.69) is 80.0 Å². The summed E-state index contributed by atoms with van der Waals surface area (Å²) in [5.74, 6) is 0.469. The van der Waals surface area contributed by atoms with Gasteiger partial charge in [0.1, 0.15) is 9.57 Å². The molecule has 0 unspecified atom stereocenters. The average molecular weight is 543 g/mol. The van der Waals surface area contributed by atoms with Crippen molar-refractivity contribution in [3.05, 3.63) is 68.5 Å². The fourth-order valence-electron chi connectivity index (χ4n) is 4.87. The van der Waals surface area contributed by atoms with Crippen LogP contribution in [0.4, 0.5) is 0 Å². The van der Waals surface area contributed by atoms with Crippen molar-refractivity contribution in [1.82, 2.24) is 9.80 Å². The lowest BCUT2D eigenvalue weighted by Gasteiger charge is -2.25. The number of phenols is 1. The van der Waals surface area contributed by atoms with Crippen LogP contribution < -0.4 is 0 Å². The first kappa shape index (κ1) is 29.0. The van der Waals surface area contributed by atoms with Gasteiger partial charge in [-0.3, -0.25) is 9.80 Å². The molecule has 2 aromatic carbocycles. The van der Waals surface area contributed by atoms with Gasteiger partial charge in [-0.15, -0.1) is 0 Å². The molecule has 0 saturated carbocycles. The molecule has 0 radical (unpaired) electrons. The fourth-order valence-corrected chi connectivity index (χ4v) is 7.77. The third-order valence-electron chi connectivity index (χ3n) is 6.42. The molecule has 0 spiro atoms. The van der Waals surface area contributed by atoms with Crippen molar-refractivity contribution in [2.45, 2.75) is 72.9 Å². The molecule has 0 fully saturated rings. The van der Waals surface area contributed by atoms with Gasteiger partial charge in [0.25, 0.3) is 0 Å². The van der Waals surface area contributed by atoms with E-state index in [0.717, 1.165) is 86.3 Å². The Hall–Kier alpha value is -1.57. The van der Waals surface area contributed by atoms with Gasteiger partial charge in [-0.05, 0) is 75.1 Å². The van der Waals surface area contributed by atoms with Gasteiger partial charge in [0.2, 0.25) is 0 Å². The molecule has 3 nitrogen and oxygen atoms in total. The Morgan fingerprint density at radius 3 is 1.72 bits per heavy atom. The van der Waals surface area contributed by atoms with Crippen LogP contribution in [0, 0.1) is 3.82 Å². The van der Waals surface area contributed by atoms with Gasteiger partial charge in [-0.25, -0.2) is 0 Å². The number of nitrogens with zero attached hydrogens (tertiary/aromatic N) is 2. The van der Waals surface area contributed by atoms with Crippen LogP contribution in [0.3, 0.4) is 0 Å². The van der Waals surface area contributed by atoms with Gasteiger partial charge in [-0.1, -0.05) is 90.9 Å². The summed E-state index contributed by atoms with van der Waals surface area (Å²) in [6.07, 6.45) is 5.29. The fraction of sp³-hybridized carbons (Fsp3) is 0.500. The van der Waals surface area contributed by atoms with Crippen LogP contribution in [0.25, 0.3) is 10.4 Å². The van der Waals surface area contributed by atoms with Crippen LogP contribution in [0.2, 0.25) is 0 Å². The number of rotatable bonds is 15. The largest absolute Gasteiger partial charge is 0.507 e. The lowest BCUT2D eigenvalue weighted by Crippen LogP contribution is -2.26. The molecule has 36 heavy (non-hydrogen) atoms. The minimum Gasteiger partial charge on any atom is -0.507 e. The smallest absolute Gasteiger partial charge is 0.124 e. The van der Waals surface area contributed by atoms with Crippen molar-refractivity contribution >= 4 is 32.9 Å². The van der Waals surface area contributed by atoms with Crippen LogP contribution >= 0.6 is 32.9 Å². The maximum Gasteiger partial charge on any atom is 0.124 e. The zero-order valence-corrected chi connectivity index (χ0v) is 24.8. The quantitative estimate of drug-likeness (QED) is 0.153. The summed E-state index contributed by atoms with van der Waals surface area (Å²) in [6.45, 7) is 14.6. The number of aromatic hydroxyl groups is 1. The molecule has 0 aliphatic rings. The molecule has 196 valence electrons.